The summed E-state index contributed by atoms with van der Waals surface area (Å²) in [5.74, 6) is -0.386. The summed E-state index contributed by atoms with van der Waals surface area (Å²) in [6.07, 6.45) is 0.797. The van der Waals surface area contributed by atoms with Gasteiger partial charge in [-0.25, -0.2) is 0 Å². The molecule has 23 heavy (non-hydrogen) atoms. The van der Waals surface area contributed by atoms with Gasteiger partial charge in [0.15, 0.2) is 0 Å². The molecule has 2 unspecified atom stereocenters. The molecule has 2 atom stereocenters. The lowest BCUT2D eigenvalue weighted by molar-refractivity contribution is -0.124. The van der Waals surface area contributed by atoms with Crippen molar-refractivity contribution in [3.63, 3.8) is 0 Å². The average Bonchev–Trinajstić information content (AvgIpc) is 2.52. The second kappa shape index (κ2) is 11.3. The molecule has 2 amide bonds. The monoisotopic (exact) mass is 361 g/mol. The third-order valence-electron chi connectivity index (χ3n) is 3.56. The molecule has 1 aromatic rings. The average molecular weight is 362 g/mol. The van der Waals surface area contributed by atoms with Crippen molar-refractivity contribution >= 4 is 35.8 Å². The number of hydrogen-bond acceptors (Lipinski definition) is 3. The normalized spacial score (nSPS) is 12.7. The van der Waals surface area contributed by atoms with Crippen LogP contribution in [0.25, 0.3) is 0 Å². The Kier molecular flexibility index (Phi) is 10.6. The number of carbonyl (C=O) groups is 2. The molecule has 130 valence electrons. The summed E-state index contributed by atoms with van der Waals surface area (Å²) in [4.78, 5) is 24.5. The first kappa shape index (κ1) is 21.7. The number of amides is 2. The molecule has 7 heteroatoms. The van der Waals surface area contributed by atoms with Gasteiger partial charge in [0.05, 0.1) is 0 Å². The number of likely N-dealkylation sites (N-methyl/N-ethyl adjacent to an activating group) is 1. The molecule has 0 saturated carbocycles. The van der Waals surface area contributed by atoms with E-state index in [0.29, 0.717) is 23.7 Å². The summed E-state index contributed by atoms with van der Waals surface area (Å²) < 4.78 is 0. The van der Waals surface area contributed by atoms with E-state index in [9.17, 15) is 9.59 Å². The van der Waals surface area contributed by atoms with Crippen LogP contribution in [0, 0.1) is 5.92 Å². The first-order chi connectivity index (χ1) is 10.5. The van der Waals surface area contributed by atoms with E-state index in [2.05, 4.69) is 16.0 Å². The van der Waals surface area contributed by atoms with Crippen molar-refractivity contribution in [3.8, 4) is 0 Å². The zero-order valence-electron chi connectivity index (χ0n) is 13.7. The van der Waals surface area contributed by atoms with E-state index in [0.717, 1.165) is 6.42 Å². The summed E-state index contributed by atoms with van der Waals surface area (Å²) in [6, 6.07) is 6.04. The van der Waals surface area contributed by atoms with E-state index < -0.39 is 6.04 Å². The molecule has 0 fully saturated rings. The number of nitrogens with one attached hydrogen (secondary N) is 3. The quantitative estimate of drug-likeness (QED) is 0.621. The maximum atomic E-state index is 12.3. The van der Waals surface area contributed by atoms with Crippen molar-refractivity contribution in [1.82, 2.24) is 16.0 Å². The minimum Gasteiger partial charge on any atom is -0.353 e. The molecule has 1 aromatic carbocycles. The van der Waals surface area contributed by atoms with Gasteiger partial charge in [-0.05, 0) is 37.2 Å². The van der Waals surface area contributed by atoms with Crippen LogP contribution in [0.5, 0.6) is 0 Å². The molecular formula is C16H25Cl2N3O2. The van der Waals surface area contributed by atoms with Gasteiger partial charge in [-0.15, -0.1) is 12.4 Å². The Morgan fingerprint density at radius 3 is 2.30 bits per heavy atom. The number of hydrogen-bond donors (Lipinski definition) is 3. The van der Waals surface area contributed by atoms with Gasteiger partial charge in [0, 0.05) is 23.7 Å². The highest BCUT2D eigenvalue weighted by Crippen LogP contribution is 2.12. The summed E-state index contributed by atoms with van der Waals surface area (Å²) in [7, 11) is 1.82. The van der Waals surface area contributed by atoms with Crippen molar-refractivity contribution < 1.29 is 9.59 Å². The zero-order valence-corrected chi connectivity index (χ0v) is 15.3. The lowest BCUT2D eigenvalue weighted by Crippen LogP contribution is -2.51. The summed E-state index contributed by atoms with van der Waals surface area (Å²) >= 11 is 5.81. The van der Waals surface area contributed by atoms with Gasteiger partial charge in [-0.3, -0.25) is 9.59 Å². The highest BCUT2D eigenvalue weighted by molar-refractivity contribution is 6.30. The van der Waals surface area contributed by atoms with Crippen LogP contribution < -0.4 is 16.0 Å². The highest BCUT2D eigenvalue weighted by Gasteiger charge is 2.25. The Morgan fingerprint density at radius 1 is 1.17 bits per heavy atom. The number of halogens is 2. The van der Waals surface area contributed by atoms with Crippen LogP contribution in [-0.4, -0.2) is 38.0 Å². The van der Waals surface area contributed by atoms with Crippen LogP contribution >= 0.6 is 24.0 Å². The van der Waals surface area contributed by atoms with E-state index in [4.69, 9.17) is 11.6 Å². The molecule has 3 N–H and O–H groups in total. The highest BCUT2D eigenvalue weighted by atomic mass is 35.5. The van der Waals surface area contributed by atoms with Gasteiger partial charge in [0.1, 0.15) is 6.04 Å². The van der Waals surface area contributed by atoms with Crippen molar-refractivity contribution in [3.05, 3.63) is 34.9 Å². The van der Waals surface area contributed by atoms with E-state index in [1.807, 2.05) is 20.9 Å². The molecule has 0 aliphatic carbocycles. The van der Waals surface area contributed by atoms with Gasteiger partial charge in [-0.1, -0.05) is 31.9 Å². The Bertz CT molecular complexity index is 495. The number of carbonyl (C=O) groups excluding carboxylic acids is 2. The first-order valence-corrected chi connectivity index (χ1v) is 7.86. The fourth-order valence-electron chi connectivity index (χ4n) is 1.95. The fourth-order valence-corrected chi connectivity index (χ4v) is 2.07. The Hall–Kier alpha value is -1.30. The van der Waals surface area contributed by atoms with E-state index in [1.54, 1.807) is 24.3 Å². The van der Waals surface area contributed by atoms with Gasteiger partial charge in [-0.2, -0.15) is 0 Å². The first-order valence-electron chi connectivity index (χ1n) is 7.48. The van der Waals surface area contributed by atoms with Crippen LogP contribution in [0.3, 0.4) is 0 Å². The van der Waals surface area contributed by atoms with Gasteiger partial charge < -0.3 is 16.0 Å². The summed E-state index contributed by atoms with van der Waals surface area (Å²) in [5.41, 5.74) is 0.487. The topological polar surface area (TPSA) is 70.2 Å². The van der Waals surface area contributed by atoms with Crippen molar-refractivity contribution in [1.29, 1.82) is 0 Å². The molecule has 0 aliphatic heterocycles. The van der Waals surface area contributed by atoms with Crippen molar-refractivity contribution in [2.45, 2.75) is 26.3 Å². The molecule has 0 spiro atoms. The smallest absolute Gasteiger partial charge is 0.251 e. The van der Waals surface area contributed by atoms with Gasteiger partial charge in [0.2, 0.25) is 5.91 Å². The van der Waals surface area contributed by atoms with Crippen LogP contribution in [0.1, 0.15) is 30.6 Å². The second-order valence-corrected chi connectivity index (χ2v) is 5.67. The van der Waals surface area contributed by atoms with E-state index >= 15 is 0 Å². The lowest BCUT2D eigenvalue weighted by atomic mass is 9.98. The minimum atomic E-state index is -0.551. The minimum absolute atomic E-state index is 0. The van der Waals surface area contributed by atoms with Gasteiger partial charge >= 0.3 is 0 Å². The third-order valence-corrected chi connectivity index (χ3v) is 3.81. The predicted octanol–water partition coefficient (Wildman–Crippen LogP) is 2.24. The summed E-state index contributed by atoms with van der Waals surface area (Å²) in [6.45, 7) is 5.15. The van der Waals surface area contributed by atoms with Crippen molar-refractivity contribution in [2.75, 3.05) is 20.1 Å². The Balaban J connectivity index is 0.00000484. The standard InChI is InChI=1S/C16H24ClN3O2.ClH/c1-4-11(2)14(16(22)19-10-9-18-3)20-15(21)12-5-7-13(17)8-6-12;/h5-8,11,14,18H,4,9-10H2,1-3H3,(H,19,22)(H,20,21);1H. The lowest BCUT2D eigenvalue weighted by Gasteiger charge is -2.23. The molecule has 0 radical (unpaired) electrons. The maximum Gasteiger partial charge on any atom is 0.251 e. The SMILES string of the molecule is CCC(C)C(NC(=O)c1ccc(Cl)cc1)C(=O)NCCNC.Cl. The van der Waals surface area contributed by atoms with Gasteiger partial charge in [0.25, 0.3) is 5.91 Å². The largest absolute Gasteiger partial charge is 0.353 e. The van der Waals surface area contributed by atoms with Crippen LogP contribution in [0.2, 0.25) is 5.02 Å². The molecular weight excluding hydrogens is 337 g/mol. The van der Waals surface area contributed by atoms with Crippen LogP contribution in [-0.2, 0) is 4.79 Å². The Labute approximate surface area is 149 Å². The Morgan fingerprint density at radius 2 is 1.78 bits per heavy atom. The second-order valence-electron chi connectivity index (χ2n) is 5.24. The maximum absolute atomic E-state index is 12.3. The van der Waals surface area contributed by atoms with E-state index in [-0.39, 0.29) is 30.1 Å². The van der Waals surface area contributed by atoms with E-state index in [1.165, 1.54) is 0 Å². The molecule has 0 heterocycles. The summed E-state index contributed by atoms with van der Waals surface area (Å²) in [5, 5.41) is 9.18. The zero-order chi connectivity index (χ0) is 16.5. The molecule has 0 aliphatic rings. The third kappa shape index (κ3) is 7.20. The molecule has 0 aromatic heterocycles. The number of rotatable bonds is 8. The predicted molar refractivity (Wildman–Crippen MR) is 96.3 cm³/mol. The number of benzene rings is 1. The van der Waals surface area contributed by atoms with Crippen LogP contribution in [0.4, 0.5) is 0 Å². The van der Waals surface area contributed by atoms with Crippen LogP contribution in [0.15, 0.2) is 24.3 Å². The van der Waals surface area contributed by atoms with Crippen molar-refractivity contribution in [2.24, 2.45) is 5.92 Å². The molecule has 0 saturated heterocycles. The molecule has 0 bridgehead atoms. The molecule has 5 nitrogen and oxygen atoms in total. The fraction of sp³-hybridized carbons (Fsp3) is 0.500. The molecule has 1 rings (SSSR count).